The first-order valence-corrected chi connectivity index (χ1v) is 7.07. The van der Waals surface area contributed by atoms with Crippen LogP contribution in [-0.4, -0.2) is 21.6 Å². The van der Waals surface area contributed by atoms with Gasteiger partial charge in [-0.25, -0.2) is 4.98 Å². The Kier molecular flexibility index (Phi) is 5.00. The lowest BCUT2D eigenvalue weighted by molar-refractivity contribution is 0.852. The van der Waals surface area contributed by atoms with E-state index in [9.17, 15) is 0 Å². The van der Waals surface area contributed by atoms with E-state index in [1.165, 1.54) is 0 Å². The van der Waals surface area contributed by atoms with Crippen LogP contribution in [0.3, 0.4) is 0 Å². The Morgan fingerprint density at radius 3 is 3.05 bits per heavy atom. The zero-order chi connectivity index (χ0) is 13.5. The van der Waals surface area contributed by atoms with E-state index in [4.69, 9.17) is 12.2 Å². The molecule has 0 saturated heterocycles. The Morgan fingerprint density at radius 1 is 1.42 bits per heavy atom. The molecule has 0 aromatic carbocycles. The summed E-state index contributed by atoms with van der Waals surface area (Å²) in [6, 6.07) is 5.80. The molecule has 2 heterocycles. The first-order valence-electron chi connectivity index (χ1n) is 5.78. The predicted octanol–water partition coefficient (Wildman–Crippen LogP) is 2.36. The van der Waals surface area contributed by atoms with Gasteiger partial charge in [0.25, 0.3) is 0 Å². The highest BCUT2D eigenvalue weighted by atomic mass is 32.1. The summed E-state index contributed by atoms with van der Waals surface area (Å²) in [5.41, 5.74) is 1.85. The third-order valence-electron chi connectivity index (χ3n) is 2.27. The first-order chi connectivity index (χ1) is 9.29. The zero-order valence-corrected chi connectivity index (χ0v) is 11.9. The van der Waals surface area contributed by atoms with Gasteiger partial charge in [0, 0.05) is 18.1 Å². The fourth-order valence-electron chi connectivity index (χ4n) is 1.39. The van der Waals surface area contributed by atoms with Crippen LogP contribution in [0.1, 0.15) is 5.69 Å². The van der Waals surface area contributed by atoms with E-state index < -0.39 is 0 Å². The molecule has 6 heteroatoms. The highest BCUT2D eigenvalue weighted by Gasteiger charge is 2.05. The van der Waals surface area contributed by atoms with Gasteiger partial charge < -0.3 is 10.6 Å². The number of thiazole rings is 1. The summed E-state index contributed by atoms with van der Waals surface area (Å²) in [4.78, 5) is 8.80. The highest BCUT2D eigenvalue weighted by Crippen LogP contribution is 2.20. The second kappa shape index (κ2) is 6.96. The van der Waals surface area contributed by atoms with Crippen LogP contribution in [0.4, 0.5) is 0 Å². The lowest BCUT2D eigenvalue weighted by atomic mass is 10.4. The van der Waals surface area contributed by atoms with Crippen LogP contribution in [0.15, 0.2) is 42.4 Å². The molecule has 0 saturated carbocycles. The van der Waals surface area contributed by atoms with E-state index in [0.717, 1.165) is 16.4 Å². The summed E-state index contributed by atoms with van der Waals surface area (Å²) in [5.74, 6) is 0. The molecule has 2 N–H and O–H groups in total. The van der Waals surface area contributed by atoms with Gasteiger partial charge in [-0.2, -0.15) is 0 Å². The minimum atomic E-state index is 0.603. The van der Waals surface area contributed by atoms with E-state index in [2.05, 4.69) is 27.2 Å². The molecule has 0 radical (unpaired) electrons. The molecular weight excluding hydrogens is 276 g/mol. The monoisotopic (exact) mass is 290 g/mol. The highest BCUT2D eigenvalue weighted by molar-refractivity contribution is 7.80. The van der Waals surface area contributed by atoms with Gasteiger partial charge in [-0.1, -0.05) is 12.1 Å². The van der Waals surface area contributed by atoms with Crippen LogP contribution in [0.5, 0.6) is 0 Å². The fourth-order valence-corrected chi connectivity index (χ4v) is 2.34. The van der Waals surface area contributed by atoms with Gasteiger partial charge in [0.1, 0.15) is 5.01 Å². The number of hydrogen-bond acceptors (Lipinski definition) is 4. The molecular formula is C13H14N4S2. The lowest BCUT2D eigenvalue weighted by Gasteiger charge is -2.06. The first kappa shape index (κ1) is 13.6. The molecule has 0 fully saturated rings. The van der Waals surface area contributed by atoms with Crippen molar-refractivity contribution in [1.82, 2.24) is 20.6 Å². The fraction of sp³-hybridized carbons (Fsp3) is 0.154. The number of thiocarbonyl (C=S) groups is 1. The molecule has 98 valence electrons. The standard InChI is InChI=1S/C13H14N4S2/c1-2-6-15-13(18)16-8-10-9-19-12(17-10)11-5-3-4-7-14-11/h2-5,7,9H,1,6,8H2,(H2,15,16,18). The number of aromatic nitrogens is 2. The summed E-state index contributed by atoms with van der Waals surface area (Å²) in [6.07, 6.45) is 3.53. The molecule has 0 aliphatic heterocycles. The molecule has 0 aliphatic rings. The Morgan fingerprint density at radius 2 is 2.32 bits per heavy atom. The van der Waals surface area contributed by atoms with Crippen molar-refractivity contribution < 1.29 is 0 Å². The van der Waals surface area contributed by atoms with Gasteiger partial charge in [-0.3, -0.25) is 4.98 Å². The van der Waals surface area contributed by atoms with Crippen molar-refractivity contribution in [2.24, 2.45) is 0 Å². The number of hydrogen-bond donors (Lipinski definition) is 2. The molecule has 0 aliphatic carbocycles. The molecule has 4 nitrogen and oxygen atoms in total. The molecule has 2 aromatic heterocycles. The second-order valence-electron chi connectivity index (χ2n) is 3.71. The summed E-state index contributed by atoms with van der Waals surface area (Å²) >= 11 is 6.69. The topological polar surface area (TPSA) is 49.8 Å². The van der Waals surface area contributed by atoms with Crippen LogP contribution in [-0.2, 0) is 6.54 Å². The van der Waals surface area contributed by atoms with Gasteiger partial charge in [-0.05, 0) is 24.4 Å². The van der Waals surface area contributed by atoms with Crippen LogP contribution >= 0.6 is 23.6 Å². The lowest BCUT2D eigenvalue weighted by Crippen LogP contribution is -2.34. The molecule has 0 unspecified atom stereocenters. The van der Waals surface area contributed by atoms with E-state index in [1.807, 2.05) is 23.6 Å². The van der Waals surface area contributed by atoms with E-state index in [-0.39, 0.29) is 0 Å². The number of rotatable bonds is 5. The maximum Gasteiger partial charge on any atom is 0.166 e. The Hall–Kier alpha value is -1.79. The van der Waals surface area contributed by atoms with Gasteiger partial charge >= 0.3 is 0 Å². The maximum atomic E-state index is 5.11. The van der Waals surface area contributed by atoms with Crippen molar-refractivity contribution in [3.8, 4) is 10.7 Å². The van der Waals surface area contributed by atoms with E-state index in [0.29, 0.717) is 18.2 Å². The van der Waals surface area contributed by atoms with Gasteiger partial charge in [0.2, 0.25) is 0 Å². The molecule has 2 rings (SSSR count). The molecule has 2 aromatic rings. The van der Waals surface area contributed by atoms with Crippen LogP contribution < -0.4 is 10.6 Å². The van der Waals surface area contributed by atoms with Gasteiger partial charge in [0.15, 0.2) is 5.11 Å². The molecule has 0 atom stereocenters. The average molecular weight is 290 g/mol. The third kappa shape index (κ3) is 4.11. The van der Waals surface area contributed by atoms with Crippen molar-refractivity contribution in [2.45, 2.75) is 6.54 Å². The summed E-state index contributed by atoms with van der Waals surface area (Å²) in [5, 5.41) is 9.63. The Labute approximate surface area is 121 Å². The van der Waals surface area contributed by atoms with Gasteiger partial charge in [0.05, 0.1) is 17.9 Å². The van der Waals surface area contributed by atoms with Crippen molar-refractivity contribution in [3.05, 3.63) is 48.1 Å². The molecule has 0 bridgehead atoms. The maximum absolute atomic E-state index is 5.11. The second-order valence-corrected chi connectivity index (χ2v) is 4.98. The number of pyridine rings is 1. The van der Waals surface area contributed by atoms with E-state index >= 15 is 0 Å². The minimum absolute atomic E-state index is 0.603. The van der Waals surface area contributed by atoms with Crippen molar-refractivity contribution in [2.75, 3.05) is 6.54 Å². The summed E-state index contributed by atoms with van der Waals surface area (Å²) in [7, 11) is 0. The van der Waals surface area contributed by atoms with Gasteiger partial charge in [-0.15, -0.1) is 17.9 Å². The van der Waals surface area contributed by atoms with Crippen molar-refractivity contribution in [1.29, 1.82) is 0 Å². The average Bonchev–Trinajstić information content (AvgIpc) is 2.93. The Balaban J connectivity index is 1.91. The van der Waals surface area contributed by atoms with Crippen molar-refractivity contribution in [3.63, 3.8) is 0 Å². The minimum Gasteiger partial charge on any atom is -0.359 e. The molecule has 0 amide bonds. The number of nitrogens with zero attached hydrogens (tertiary/aromatic N) is 2. The van der Waals surface area contributed by atoms with Crippen molar-refractivity contribution >= 4 is 28.7 Å². The normalized spacial score (nSPS) is 9.89. The SMILES string of the molecule is C=CCNC(=S)NCc1csc(-c2ccccn2)n1. The molecule has 0 spiro atoms. The van der Waals surface area contributed by atoms with Crippen LogP contribution in [0.25, 0.3) is 10.7 Å². The van der Waals surface area contributed by atoms with E-state index in [1.54, 1.807) is 23.6 Å². The zero-order valence-electron chi connectivity index (χ0n) is 10.3. The predicted molar refractivity (Wildman–Crippen MR) is 83.0 cm³/mol. The number of nitrogens with one attached hydrogen (secondary N) is 2. The summed E-state index contributed by atoms with van der Waals surface area (Å²) in [6.45, 7) is 4.88. The largest absolute Gasteiger partial charge is 0.359 e. The molecule has 19 heavy (non-hydrogen) atoms. The van der Waals surface area contributed by atoms with Crippen LogP contribution in [0, 0.1) is 0 Å². The van der Waals surface area contributed by atoms with Crippen LogP contribution in [0.2, 0.25) is 0 Å². The third-order valence-corrected chi connectivity index (χ3v) is 3.48. The smallest absolute Gasteiger partial charge is 0.166 e. The summed E-state index contributed by atoms with van der Waals surface area (Å²) < 4.78 is 0. The quantitative estimate of drug-likeness (QED) is 0.654. The Bertz CT molecular complexity index is 551.